The van der Waals surface area contributed by atoms with E-state index in [-0.39, 0.29) is 11.7 Å². The van der Waals surface area contributed by atoms with E-state index >= 15 is 0 Å². The fourth-order valence-corrected chi connectivity index (χ4v) is 1.88. The third-order valence-corrected chi connectivity index (χ3v) is 2.77. The number of nitrogens with zero attached hydrogens (tertiary/aromatic N) is 1. The quantitative estimate of drug-likeness (QED) is 0.705. The largest absolute Gasteiger partial charge is 0.478 e. The van der Waals surface area contributed by atoms with Crippen molar-refractivity contribution in [3.8, 4) is 0 Å². The van der Waals surface area contributed by atoms with Gasteiger partial charge in [-0.1, -0.05) is 12.2 Å². The molecule has 1 aliphatic heterocycles. The molecule has 0 aliphatic carbocycles. The average Bonchev–Trinajstić information content (AvgIpc) is 2.80. The number of ether oxygens (including phenoxy) is 1. The molecule has 0 aromatic carbocycles. The molecular formula is C10H13N3O3S. The van der Waals surface area contributed by atoms with Crippen LogP contribution in [-0.2, 0) is 4.74 Å². The summed E-state index contributed by atoms with van der Waals surface area (Å²) in [6.07, 6.45) is 2.16. The summed E-state index contributed by atoms with van der Waals surface area (Å²) >= 11 is 4.84. The van der Waals surface area contributed by atoms with Gasteiger partial charge in [0.2, 0.25) is 0 Å². The van der Waals surface area contributed by atoms with Gasteiger partial charge in [0.05, 0.1) is 6.10 Å². The summed E-state index contributed by atoms with van der Waals surface area (Å²) in [7, 11) is 0. The lowest BCUT2D eigenvalue weighted by Crippen LogP contribution is -2.20. The molecule has 0 amide bonds. The predicted octanol–water partition coefficient (Wildman–Crippen LogP) is 1.43. The zero-order chi connectivity index (χ0) is 12.3. The highest BCUT2D eigenvalue weighted by Crippen LogP contribution is 2.15. The second-order valence-corrected chi connectivity index (χ2v) is 4.26. The summed E-state index contributed by atoms with van der Waals surface area (Å²) in [5.74, 6) is -0.756. The van der Waals surface area contributed by atoms with Crippen LogP contribution in [0.25, 0.3) is 0 Å². The lowest BCUT2D eigenvalue weighted by Gasteiger charge is -2.12. The van der Waals surface area contributed by atoms with E-state index in [1.807, 2.05) is 0 Å². The fourth-order valence-electron chi connectivity index (χ4n) is 1.72. The second kappa shape index (κ2) is 5.24. The molecule has 2 rings (SSSR count). The molecular weight excluding hydrogens is 242 g/mol. The van der Waals surface area contributed by atoms with Crippen LogP contribution < -0.4 is 5.32 Å². The Morgan fingerprint density at radius 1 is 1.76 bits per heavy atom. The third-order valence-electron chi connectivity index (χ3n) is 2.56. The number of rotatable bonds is 4. The average molecular weight is 255 g/mol. The Hall–Kier alpha value is -1.47. The molecule has 1 fully saturated rings. The first kappa shape index (κ1) is 12.0. The number of nitrogens with one attached hydrogen (secondary N) is 2. The molecule has 92 valence electrons. The Morgan fingerprint density at radius 2 is 2.59 bits per heavy atom. The van der Waals surface area contributed by atoms with Crippen molar-refractivity contribution in [2.45, 2.75) is 18.9 Å². The third kappa shape index (κ3) is 3.01. The lowest BCUT2D eigenvalue weighted by atomic mass is 10.2. The monoisotopic (exact) mass is 255 g/mol. The van der Waals surface area contributed by atoms with Crippen LogP contribution in [0.15, 0.2) is 6.07 Å². The maximum Gasteiger partial charge on any atom is 0.339 e. The van der Waals surface area contributed by atoms with Crippen molar-refractivity contribution in [1.82, 2.24) is 10.2 Å². The topological polar surface area (TPSA) is 87.2 Å². The number of carboxylic acids is 1. The maximum absolute atomic E-state index is 11.0. The highest BCUT2D eigenvalue weighted by Gasteiger charge is 2.17. The Morgan fingerprint density at radius 3 is 3.24 bits per heavy atom. The molecule has 0 saturated carbocycles. The number of H-pyrrole nitrogens is 1. The van der Waals surface area contributed by atoms with Gasteiger partial charge in [-0.15, -0.1) is 0 Å². The van der Waals surface area contributed by atoms with E-state index in [1.54, 1.807) is 0 Å². The first-order valence-corrected chi connectivity index (χ1v) is 5.76. The molecule has 1 aromatic heterocycles. The standard InChI is InChI=1S/C10H13N3O3S/c14-10(15)7-4-8(17)12-13-9(7)11-5-6-2-1-3-16-6/h4,6H,1-3,5H2,(H,11,13)(H,12,17)(H,14,15). The molecule has 1 saturated heterocycles. The Balaban J connectivity index is 2.08. The zero-order valence-electron chi connectivity index (χ0n) is 9.10. The van der Waals surface area contributed by atoms with Gasteiger partial charge in [-0.3, -0.25) is 5.10 Å². The number of aromatic nitrogens is 2. The first-order valence-electron chi connectivity index (χ1n) is 5.35. The molecule has 17 heavy (non-hydrogen) atoms. The SMILES string of the molecule is O=C(O)c1cc(=S)[nH]nc1NCC1CCCO1. The Bertz CT molecular complexity index is 468. The van der Waals surface area contributed by atoms with Crippen molar-refractivity contribution >= 4 is 24.0 Å². The van der Waals surface area contributed by atoms with Crippen LogP contribution in [-0.4, -0.2) is 40.5 Å². The minimum atomic E-state index is -1.05. The number of aromatic carboxylic acids is 1. The summed E-state index contributed by atoms with van der Waals surface area (Å²) in [5, 5.41) is 18.4. The summed E-state index contributed by atoms with van der Waals surface area (Å²) in [5.41, 5.74) is 0.0757. The number of aromatic amines is 1. The van der Waals surface area contributed by atoms with Gasteiger partial charge in [0, 0.05) is 13.2 Å². The molecule has 1 aromatic rings. The molecule has 7 heteroatoms. The van der Waals surface area contributed by atoms with Crippen molar-refractivity contribution in [3.63, 3.8) is 0 Å². The van der Waals surface area contributed by atoms with Crippen LogP contribution in [0.5, 0.6) is 0 Å². The van der Waals surface area contributed by atoms with Crippen molar-refractivity contribution < 1.29 is 14.6 Å². The molecule has 1 unspecified atom stereocenters. The van der Waals surface area contributed by atoms with Crippen molar-refractivity contribution in [1.29, 1.82) is 0 Å². The number of hydrogen-bond donors (Lipinski definition) is 3. The van der Waals surface area contributed by atoms with Crippen LogP contribution in [0, 0.1) is 4.64 Å². The smallest absolute Gasteiger partial charge is 0.339 e. The van der Waals surface area contributed by atoms with E-state index in [1.165, 1.54) is 6.07 Å². The molecule has 3 N–H and O–H groups in total. The minimum Gasteiger partial charge on any atom is -0.478 e. The van der Waals surface area contributed by atoms with E-state index in [0.29, 0.717) is 17.0 Å². The van der Waals surface area contributed by atoms with Crippen molar-refractivity contribution in [3.05, 3.63) is 16.3 Å². The normalized spacial score (nSPS) is 19.2. The molecule has 1 aliphatic rings. The van der Waals surface area contributed by atoms with Gasteiger partial charge < -0.3 is 15.2 Å². The first-order chi connectivity index (χ1) is 8.16. The van der Waals surface area contributed by atoms with Gasteiger partial charge >= 0.3 is 5.97 Å². The molecule has 0 radical (unpaired) electrons. The lowest BCUT2D eigenvalue weighted by molar-refractivity contribution is 0.0697. The van der Waals surface area contributed by atoms with E-state index in [9.17, 15) is 4.79 Å². The summed E-state index contributed by atoms with van der Waals surface area (Å²) in [4.78, 5) is 11.0. The second-order valence-electron chi connectivity index (χ2n) is 3.82. The number of hydrogen-bond acceptors (Lipinski definition) is 5. The predicted molar refractivity (Wildman–Crippen MR) is 63.8 cm³/mol. The van der Waals surface area contributed by atoms with Gasteiger partial charge in [-0.05, 0) is 18.9 Å². The summed E-state index contributed by atoms with van der Waals surface area (Å²) < 4.78 is 5.73. The highest BCUT2D eigenvalue weighted by molar-refractivity contribution is 7.71. The van der Waals surface area contributed by atoms with E-state index in [0.717, 1.165) is 19.4 Å². The van der Waals surface area contributed by atoms with Crippen LogP contribution in [0.3, 0.4) is 0 Å². The van der Waals surface area contributed by atoms with Crippen molar-refractivity contribution in [2.24, 2.45) is 0 Å². The minimum absolute atomic E-state index is 0.0757. The molecule has 1 atom stereocenters. The molecule has 2 heterocycles. The fraction of sp³-hybridized carbons (Fsp3) is 0.500. The van der Waals surface area contributed by atoms with E-state index in [2.05, 4.69) is 15.5 Å². The van der Waals surface area contributed by atoms with E-state index < -0.39 is 5.97 Å². The summed E-state index contributed by atoms with van der Waals surface area (Å²) in [6, 6.07) is 1.38. The molecule has 0 bridgehead atoms. The zero-order valence-corrected chi connectivity index (χ0v) is 9.92. The molecule has 0 spiro atoms. The Kier molecular flexibility index (Phi) is 3.70. The van der Waals surface area contributed by atoms with Gasteiger partial charge in [0.25, 0.3) is 0 Å². The maximum atomic E-state index is 11.0. The summed E-state index contributed by atoms with van der Waals surface area (Å²) in [6.45, 7) is 1.32. The van der Waals surface area contributed by atoms with Crippen molar-refractivity contribution in [2.75, 3.05) is 18.5 Å². The van der Waals surface area contributed by atoms with Gasteiger partial charge in [0.1, 0.15) is 10.2 Å². The van der Waals surface area contributed by atoms with Gasteiger partial charge in [-0.2, -0.15) is 5.10 Å². The number of carboxylic acid groups (broad SMARTS) is 1. The number of carbonyl (C=O) groups is 1. The van der Waals surface area contributed by atoms with Crippen LogP contribution in [0.2, 0.25) is 0 Å². The number of anilines is 1. The Labute approximate surface area is 103 Å². The highest BCUT2D eigenvalue weighted by atomic mass is 32.1. The van der Waals surface area contributed by atoms with Gasteiger partial charge in [-0.25, -0.2) is 4.79 Å². The van der Waals surface area contributed by atoms with Crippen LogP contribution in [0.4, 0.5) is 5.82 Å². The van der Waals surface area contributed by atoms with Gasteiger partial charge in [0.15, 0.2) is 5.82 Å². The van der Waals surface area contributed by atoms with Crippen LogP contribution >= 0.6 is 12.2 Å². The van der Waals surface area contributed by atoms with Crippen LogP contribution in [0.1, 0.15) is 23.2 Å². The van der Waals surface area contributed by atoms with E-state index in [4.69, 9.17) is 22.1 Å². The molecule has 6 nitrogen and oxygen atoms in total.